The van der Waals surface area contributed by atoms with Gasteiger partial charge in [0.15, 0.2) is 0 Å². The summed E-state index contributed by atoms with van der Waals surface area (Å²) in [6.07, 6.45) is 0. The fourth-order valence-corrected chi connectivity index (χ4v) is 11.4. The van der Waals surface area contributed by atoms with Crippen LogP contribution in [0.2, 0.25) is 0 Å². The van der Waals surface area contributed by atoms with Crippen LogP contribution < -0.4 is 0 Å². The molecule has 2 nitrogen and oxygen atoms in total. The summed E-state index contributed by atoms with van der Waals surface area (Å²) in [5, 5.41) is 4.94. The summed E-state index contributed by atoms with van der Waals surface area (Å²) in [6, 6.07) is 106. The van der Waals surface area contributed by atoms with Gasteiger partial charge in [-0.2, -0.15) is 0 Å². The molecule has 2 aromatic heterocycles. The van der Waals surface area contributed by atoms with Crippen molar-refractivity contribution in [2.45, 2.75) is 0 Å². The molecule has 0 aliphatic rings. The van der Waals surface area contributed by atoms with Gasteiger partial charge in [0.05, 0.1) is 33.4 Å². The lowest BCUT2D eigenvalue weighted by molar-refractivity contribution is 1.18. The quantitative estimate of drug-likeness (QED) is 0.136. The maximum Gasteiger partial charge on any atom is 0.0541 e. The molecule has 0 unspecified atom stereocenters. The third-order valence-electron chi connectivity index (χ3n) is 15.0. The Morgan fingerprint density at radius 2 is 0.446 bits per heavy atom. The average molecular weight is 941 g/mol. The van der Waals surface area contributed by atoms with E-state index in [0.29, 0.717) is 0 Å². The third kappa shape index (κ3) is 7.52. The van der Waals surface area contributed by atoms with Crippen molar-refractivity contribution in [2.75, 3.05) is 0 Å². The van der Waals surface area contributed by atoms with Crippen molar-refractivity contribution >= 4 is 43.6 Å². The van der Waals surface area contributed by atoms with E-state index in [1.54, 1.807) is 0 Å². The molecule has 0 amide bonds. The molecule has 0 saturated carbocycles. The van der Waals surface area contributed by atoms with Gasteiger partial charge >= 0.3 is 0 Å². The molecule has 0 saturated heterocycles. The Labute approximate surface area is 431 Å². The van der Waals surface area contributed by atoms with E-state index in [4.69, 9.17) is 0 Å². The molecule has 12 aromatic carbocycles. The third-order valence-corrected chi connectivity index (χ3v) is 15.0. The Morgan fingerprint density at radius 1 is 0.162 bits per heavy atom. The molecule has 14 rings (SSSR count). The predicted molar refractivity (Wildman–Crippen MR) is 313 cm³/mol. The number of rotatable bonds is 9. The summed E-state index contributed by atoms with van der Waals surface area (Å²) < 4.78 is 4.89. The highest BCUT2D eigenvalue weighted by Gasteiger charge is 2.19. The second-order valence-corrected chi connectivity index (χ2v) is 19.3. The first-order chi connectivity index (χ1) is 36.7. The molecule has 2 heteroatoms. The smallest absolute Gasteiger partial charge is 0.0541 e. The molecule has 0 radical (unpaired) electrons. The molecule has 0 fully saturated rings. The zero-order valence-electron chi connectivity index (χ0n) is 40.6. The Hall–Kier alpha value is -9.76. The van der Waals surface area contributed by atoms with Crippen molar-refractivity contribution in [3.05, 3.63) is 291 Å². The Morgan fingerprint density at radius 3 is 0.919 bits per heavy atom. The van der Waals surface area contributed by atoms with Gasteiger partial charge in [0.1, 0.15) is 0 Å². The highest BCUT2D eigenvalue weighted by Crippen LogP contribution is 2.42. The molecule has 2 heterocycles. The van der Waals surface area contributed by atoms with Crippen molar-refractivity contribution in [1.29, 1.82) is 0 Å². The van der Waals surface area contributed by atoms with E-state index < -0.39 is 0 Å². The van der Waals surface area contributed by atoms with Crippen molar-refractivity contribution < 1.29 is 0 Å². The molecule has 0 bridgehead atoms. The van der Waals surface area contributed by atoms with Crippen molar-refractivity contribution in [3.8, 4) is 89.3 Å². The fourth-order valence-electron chi connectivity index (χ4n) is 11.4. The highest BCUT2D eigenvalue weighted by molar-refractivity contribution is 6.13. The van der Waals surface area contributed by atoms with Gasteiger partial charge in [-0.3, -0.25) is 0 Å². The summed E-state index contributed by atoms with van der Waals surface area (Å²) in [6.45, 7) is 0. The molecule has 346 valence electrons. The number of nitrogens with zero attached hydrogens (tertiary/aromatic N) is 2. The van der Waals surface area contributed by atoms with Crippen LogP contribution in [0.15, 0.2) is 291 Å². The maximum absolute atomic E-state index is 2.45. The lowest BCUT2D eigenvalue weighted by Gasteiger charge is -2.15. The summed E-state index contributed by atoms with van der Waals surface area (Å²) >= 11 is 0. The van der Waals surface area contributed by atoms with Crippen LogP contribution in [0.5, 0.6) is 0 Å². The van der Waals surface area contributed by atoms with E-state index in [1.807, 2.05) is 0 Å². The van der Waals surface area contributed by atoms with Crippen molar-refractivity contribution in [1.82, 2.24) is 9.13 Å². The molecule has 0 spiro atoms. The van der Waals surface area contributed by atoms with Crippen LogP contribution in [0.25, 0.3) is 133 Å². The normalized spacial score (nSPS) is 11.5. The number of benzene rings is 12. The standard InChI is InChI=1S/C72H48N2/c1-3-17-49(18-4-1)50-33-35-51(36-34-50)55-21-15-23-57(45-55)58-24-16-22-56(46-58)52-37-39-54(40-38-52)62-26-8-12-30-68(62)74-70-32-14-10-28-64(70)66-48-60(42-44-72(66)74)59-41-43-71-65(47-59)63-27-9-13-31-69(63)73(71)67-29-11-7-25-61(67)53-19-5-2-6-20-53/h1-48H. The van der Waals surface area contributed by atoms with Crippen LogP contribution in [0.3, 0.4) is 0 Å². The Bertz CT molecular complexity index is 4390. The van der Waals surface area contributed by atoms with Gasteiger partial charge < -0.3 is 9.13 Å². The highest BCUT2D eigenvalue weighted by atomic mass is 15.0. The van der Waals surface area contributed by atoms with Crippen LogP contribution in [0.1, 0.15) is 0 Å². The van der Waals surface area contributed by atoms with E-state index >= 15 is 0 Å². The van der Waals surface area contributed by atoms with Crippen molar-refractivity contribution in [2.24, 2.45) is 0 Å². The number of aromatic nitrogens is 2. The minimum Gasteiger partial charge on any atom is -0.309 e. The molecule has 0 aliphatic heterocycles. The van der Waals surface area contributed by atoms with Crippen LogP contribution >= 0.6 is 0 Å². The molecular weight excluding hydrogens is 893 g/mol. The average Bonchev–Trinajstić information content (AvgIpc) is 4.02. The van der Waals surface area contributed by atoms with Gasteiger partial charge in [-0.05, 0) is 127 Å². The number of para-hydroxylation sites is 4. The second kappa shape index (κ2) is 18.1. The lowest BCUT2D eigenvalue weighted by Crippen LogP contribution is -1.97. The van der Waals surface area contributed by atoms with Crippen LogP contribution in [-0.4, -0.2) is 9.13 Å². The van der Waals surface area contributed by atoms with E-state index in [1.165, 1.54) is 127 Å². The largest absolute Gasteiger partial charge is 0.309 e. The Kier molecular flexibility index (Phi) is 10.6. The first-order valence-corrected chi connectivity index (χ1v) is 25.5. The van der Waals surface area contributed by atoms with E-state index in [2.05, 4.69) is 300 Å². The summed E-state index contributed by atoms with van der Waals surface area (Å²) in [7, 11) is 0. The summed E-state index contributed by atoms with van der Waals surface area (Å²) in [5.41, 5.74) is 23.9. The molecule has 14 aromatic rings. The zero-order chi connectivity index (χ0) is 49.0. The van der Waals surface area contributed by atoms with Gasteiger partial charge in [-0.25, -0.2) is 0 Å². The zero-order valence-corrected chi connectivity index (χ0v) is 40.6. The number of hydrogen-bond donors (Lipinski definition) is 0. The molecule has 0 aliphatic carbocycles. The minimum absolute atomic E-state index is 1.15. The minimum atomic E-state index is 1.15. The number of hydrogen-bond acceptors (Lipinski definition) is 0. The van der Waals surface area contributed by atoms with Crippen LogP contribution in [0.4, 0.5) is 0 Å². The molecule has 0 N–H and O–H groups in total. The second-order valence-electron chi connectivity index (χ2n) is 19.3. The van der Waals surface area contributed by atoms with Gasteiger partial charge in [-0.1, -0.05) is 231 Å². The summed E-state index contributed by atoms with van der Waals surface area (Å²) in [5.74, 6) is 0. The monoisotopic (exact) mass is 940 g/mol. The maximum atomic E-state index is 2.45. The Balaban J connectivity index is 0.792. The van der Waals surface area contributed by atoms with Crippen LogP contribution in [-0.2, 0) is 0 Å². The fraction of sp³-hybridized carbons (Fsp3) is 0. The van der Waals surface area contributed by atoms with Crippen LogP contribution in [0, 0.1) is 0 Å². The predicted octanol–water partition coefficient (Wildman–Crippen LogP) is 19.5. The summed E-state index contributed by atoms with van der Waals surface area (Å²) in [4.78, 5) is 0. The number of fused-ring (bicyclic) bond motifs is 6. The van der Waals surface area contributed by atoms with E-state index in [0.717, 1.165) is 5.69 Å². The first kappa shape index (κ1) is 43.1. The molecule has 74 heavy (non-hydrogen) atoms. The van der Waals surface area contributed by atoms with Gasteiger partial charge in [0.2, 0.25) is 0 Å². The van der Waals surface area contributed by atoms with Crippen molar-refractivity contribution in [3.63, 3.8) is 0 Å². The van der Waals surface area contributed by atoms with Gasteiger partial charge in [0, 0.05) is 32.7 Å². The lowest BCUT2D eigenvalue weighted by atomic mass is 9.94. The first-order valence-electron chi connectivity index (χ1n) is 25.5. The molecular formula is C72H48N2. The SMILES string of the molecule is c1ccc(-c2ccc(-c3cccc(-c4cccc(-c5ccc(-c6ccccc6-n6c7ccccc7c7cc(-c8ccc9c(c8)c8ccccc8n9-c8ccccc8-c8ccccc8)ccc76)cc5)c4)c3)cc2)cc1. The van der Waals surface area contributed by atoms with E-state index in [-0.39, 0.29) is 0 Å². The molecule has 0 atom stereocenters. The van der Waals surface area contributed by atoms with E-state index in [9.17, 15) is 0 Å². The van der Waals surface area contributed by atoms with Gasteiger partial charge in [-0.15, -0.1) is 0 Å². The topological polar surface area (TPSA) is 9.86 Å². The van der Waals surface area contributed by atoms with Gasteiger partial charge in [0.25, 0.3) is 0 Å².